The van der Waals surface area contributed by atoms with E-state index in [1.807, 2.05) is 61.5 Å². The molecule has 3 aromatic rings. The van der Waals surface area contributed by atoms with Crippen molar-refractivity contribution in [2.75, 3.05) is 24.2 Å². The third kappa shape index (κ3) is 7.54. The molecule has 9 heteroatoms. The van der Waals surface area contributed by atoms with Gasteiger partial charge in [0.15, 0.2) is 0 Å². The van der Waals surface area contributed by atoms with Crippen LogP contribution in [0.4, 0.5) is 5.69 Å². The van der Waals surface area contributed by atoms with Crippen LogP contribution in [0.3, 0.4) is 0 Å². The van der Waals surface area contributed by atoms with E-state index < -0.39 is 28.5 Å². The van der Waals surface area contributed by atoms with E-state index in [-0.39, 0.29) is 12.5 Å². The standard InChI is InChI=1S/C27H30IN3O4S/c1-20-9-11-22(12-10-20)18-30(25(27(33)29-2)17-21-7-5-4-6-8-21)26(32)19-31(36(3,34)35)24-15-13-23(28)14-16-24/h4-16,25H,17-19H2,1-3H3,(H,29,33)/t25-/m1/s1. The van der Waals surface area contributed by atoms with E-state index in [2.05, 4.69) is 27.9 Å². The highest BCUT2D eigenvalue weighted by molar-refractivity contribution is 14.1. The van der Waals surface area contributed by atoms with E-state index in [4.69, 9.17) is 0 Å². The van der Waals surface area contributed by atoms with E-state index in [0.717, 1.165) is 30.8 Å². The Morgan fingerprint density at radius 2 is 1.53 bits per heavy atom. The van der Waals surface area contributed by atoms with Crippen molar-refractivity contribution in [1.29, 1.82) is 0 Å². The number of carbonyl (C=O) groups is 2. The molecule has 3 rings (SSSR count). The van der Waals surface area contributed by atoms with Crippen LogP contribution in [-0.4, -0.2) is 51.0 Å². The summed E-state index contributed by atoms with van der Waals surface area (Å²) in [5.74, 6) is -0.788. The lowest BCUT2D eigenvalue weighted by atomic mass is 10.0. The number of amides is 2. The summed E-state index contributed by atoms with van der Waals surface area (Å²) in [6.45, 7) is 1.71. The van der Waals surface area contributed by atoms with Gasteiger partial charge in [-0.3, -0.25) is 13.9 Å². The fourth-order valence-electron chi connectivity index (χ4n) is 3.83. The maximum Gasteiger partial charge on any atom is 0.244 e. The van der Waals surface area contributed by atoms with Gasteiger partial charge in [-0.05, 0) is 64.9 Å². The van der Waals surface area contributed by atoms with E-state index in [9.17, 15) is 18.0 Å². The highest BCUT2D eigenvalue weighted by Gasteiger charge is 2.32. The summed E-state index contributed by atoms with van der Waals surface area (Å²) in [4.78, 5) is 28.3. The molecule has 0 aliphatic rings. The number of hydrogen-bond acceptors (Lipinski definition) is 4. The average Bonchev–Trinajstić information content (AvgIpc) is 2.86. The zero-order valence-corrected chi connectivity index (χ0v) is 23.5. The van der Waals surface area contributed by atoms with Crippen molar-refractivity contribution in [2.45, 2.75) is 25.9 Å². The molecule has 1 atom stereocenters. The predicted octanol–water partition coefficient (Wildman–Crippen LogP) is 3.75. The molecule has 2 amide bonds. The van der Waals surface area contributed by atoms with Gasteiger partial charge in [-0.25, -0.2) is 8.42 Å². The molecule has 0 unspecified atom stereocenters. The van der Waals surface area contributed by atoms with Crippen molar-refractivity contribution in [3.8, 4) is 0 Å². The summed E-state index contributed by atoms with van der Waals surface area (Å²) >= 11 is 2.13. The summed E-state index contributed by atoms with van der Waals surface area (Å²) in [6.07, 6.45) is 1.36. The topological polar surface area (TPSA) is 86.8 Å². The average molecular weight is 620 g/mol. The largest absolute Gasteiger partial charge is 0.357 e. The number of hydrogen-bond donors (Lipinski definition) is 1. The van der Waals surface area contributed by atoms with Gasteiger partial charge >= 0.3 is 0 Å². The molecule has 36 heavy (non-hydrogen) atoms. The molecule has 0 radical (unpaired) electrons. The number of likely N-dealkylation sites (N-methyl/N-ethyl adjacent to an activating group) is 1. The number of benzene rings is 3. The van der Waals surface area contributed by atoms with Crippen LogP contribution < -0.4 is 9.62 Å². The van der Waals surface area contributed by atoms with Crippen molar-refractivity contribution in [3.05, 3.63) is 99.1 Å². The maximum atomic E-state index is 13.8. The summed E-state index contributed by atoms with van der Waals surface area (Å²) < 4.78 is 27.4. The van der Waals surface area contributed by atoms with Gasteiger partial charge in [-0.15, -0.1) is 0 Å². The highest BCUT2D eigenvalue weighted by Crippen LogP contribution is 2.21. The van der Waals surface area contributed by atoms with Crippen LogP contribution in [-0.2, 0) is 32.6 Å². The van der Waals surface area contributed by atoms with Gasteiger partial charge in [0.1, 0.15) is 12.6 Å². The van der Waals surface area contributed by atoms with Crippen LogP contribution in [0.15, 0.2) is 78.9 Å². The Morgan fingerprint density at radius 3 is 2.08 bits per heavy atom. The zero-order valence-electron chi connectivity index (χ0n) is 20.5. The molecule has 7 nitrogen and oxygen atoms in total. The molecule has 0 saturated carbocycles. The first-order valence-corrected chi connectivity index (χ1v) is 14.3. The van der Waals surface area contributed by atoms with E-state index in [1.54, 1.807) is 24.3 Å². The number of halogens is 1. The third-order valence-corrected chi connectivity index (χ3v) is 7.64. The fourth-order valence-corrected chi connectivity index (χ4v) is 5.04. The lowest BCUT2D eigenvalue weighted by Gasteiger charge is -2.33. The van der Waals surface area contributed by atoms with Crippen LogP contribution in [0.2, 0.25) is 0 Å². The van der Waals surface area contributed by atoms with Gasteiger partial charge in [0.2, 0.25) is 21.8 Å². The molecule has 3 aromatic carbocycles. The summed E-state index contributed by atoms with van der Waals surface area (Å²) in [7, 11) is -2.23. The van der Waals surface area contributed by atoms with E-state index in [0.29, 0.717) is 12.1 Å². The molecular formula is C27H30IN3O4S. The molecular weight excluding hydrogens is 589 g/mol. The Morgan fingerprint density at radius 1 is 0.917 bits per heavy atom. The summed E-state index contributed by atoms with van der Waals surface area (Å²) in [5.41, 5.74) is 3.20. The minimum Gasteiger partial charge on any atom is -0.357 e. The predicted molar refractivity (Wildman–Crippen MR) is 151 cm³/mol. The molecule has 0 aliphatic heterocycles. The lowest BCUT2D eigenvalue weighted by Crippen LogP contribution is -2.52. The monoisotopic (exact) mass is 619 g/mol. The second-order valence-electron chi connectivity index (χ2n) is 8.57. The number of nitrogens with one attached hydrogen (secondary N) is 1. The number of carbonyl (C=O) groups excluding carboxylic acids is 2. The normalized spacial score (nSPS) is 12.0. The first kappa shape index (κ1) is 27.7. The van der Waals surface area contributed by atoms with Gasteiger partial charge in [0.25, 0.3) is 0 Å². The molecule has 190 valence electrons. The Balaban J connectivity index is 2.00. The Hall–Kier alpha value is -2.92. The van der Waals surface area contributed by atoms with Crippen molar-refractivity contribution >= 4 is 50.1 Å². The second-order valence-corrected chi connectivity index (χ2v) is 11.7. The minimum absolute atomic E-state index is 0.161. The van der Waals surface area contributed by atoms with Crippen LogP contribution in [0, 0.1) is 10.5 Å². The van der Waals surface area contributed by atoms with Gasteiger partial charge in [0.05, 0.1) is 11.9 Å². The van der Waals surface area contributed by atoms with Gasteiger partial charge in [-0.1, -0.05) is 60.2 Å². The van der Waals surface area contributed by atoms with Gasteiger partial charge in [0, 0.05) is 23.6 Å². The summed E-state index contributed by atoms with van der Waals surface area (Å²) in [6, 6.07) is 23.2. The van der Waals surface area contributed by atoms with Crippen molar-refractivity contribution in [1.82, 2.24) is 10.2 Å². The molecule has 0 aliphatic carbocycles. The SMILES string of the molecule is CNC(=O)[C@@H](Cc1ccccc1)N(Cc1ccc(C)cc1)C(=O)CN(c1ccc(I)cc1)S(C)(=O)=O. The Labute approximate surface area is 226 Å². The molecule has 0 fully saturated rings. The number of anilines is 1. The van der Waals surface area contributed by atoms with E-state index >= 15 is 0 Å². The Bertz CT molecular complexity index is 1280. The summed E-state index contributed by atoms with van der Waals surface area (Å²) in [5, 5.41) is 2.67. The molecule has 0 bridgehead atoms. The maximum absolute atomic E-state index is 13.8. The highest BCUT2D eigenvalue weighted by atomic mass is 127. The molecule has 0 saturated heterocycles. The van der Waals surface area contributed by atoms with Gasteiger partial charge in [-0.2, -0.15) is 0 Å². The molecule has 0 heterocycles. The van der Waals surface area contributed by atoms with Crippen LogP contribution in [0.1, 0.15) is 16.7 Å². The van der Waals surface area contributed by atoms with Gasteiger partial charge < -0.3 is 10.2 Å². The van der Waals surface area contributed by atoms with Crippen LogP contribution >= 0.6 is 22.6 Å². The van der Waals surface area contributed by atoms with Crippen molar-refractivity contribution < 1.29 is 18.0 Å². The number of rotatable bonds is 10. The number of sulfonamides is 1. The van der Waals surface area contributed by atoms with Crippen LogP contribution in [0.5, 0.6) is 0 Å². The molecule has 0 aromatic heterocycles. The fraction of sp³-hybridized carbons (Fsp3) is 0.259. The zero-order chi connectivity index (χ0) is 26.3. The number of aryl methyl sites for hydroxylation is 1. The Kier molecular flexibility index (Phi) is 9.49. The number of nitrogens with zero attached hydrogens (tertiary/aromatic N) is 2. The lowest BCUT2D eigenvalue weighted by molar-refractivity contribution is -0.139. The third-order valence-electron chi connectivity index (χ3n) is 5.78. The minimum atomic E-state index is -3.77. The quantitative estimate of drug-likeness (QED) is 0.351. The van der Waals surface area contributed by atoms with Crippen LogP contribution in [0.25, 0.3) is 0 Å². The first-order valence-electron chi connectivity index (χ1n) is 11.4. The first-order chi connectivity index (χ1) is 17.1. The van der Waals surface area contributed by atoms with Crippen molar-refractivity contribution in [2.24, 2.45) is 0 Å². The molecule has 0 spiro atoms. The van der Waals surface area contributed by atoms with E-state index in [1.165, 1.54) is 11.9 Å². The smallest absolute Gasteiger partial charge is 0.244 e. The second kappa shape index (κ2) is 12.4. The van der Waals surface area contributed by atoms with Crippen molar-refractivity contribution in [3.63, 3.8) is 0 Å². The molecule has 1 N–H and O–H groups in total.